The van der Waals surface area contributed by atoms with Gasteiger partial charge in [0.25, 0.3) is 0 Å². The summed E-state index contributed by atoms with van der Waals surface area (Å²) in [6.07, 6.45) is -2.09. The lowest BCUT2D eigenvalue weighted by molar-refractivity contribution is -0.184. The molecule has 0 radical (unpaired) electrons. The lowest BCUT2D eigenvalue weighted by atomic mass is 9.76. The summed E-state index contributed by atoms with van der Waals surface area (Å²) in [4.78, 5) is 13.7. The Labute approximate surface area is 123 Å². The molecule has 122 valence electrons. The smallest absolute Gasteiger partial charge is 0.391 e. The van der Waals surface area contributed by atoms with Crippen LogP contribution in [0.3, 0.4) is 0 Å². The zero-order chi connectivity index (χ0) is 15.8. The average molecular weight is 307 g/mol. The Morgan fingerprint density at radius 2 is 1.81 bits per heavy atom. The number of aliphatic carboxylic acids is 1. The van der Waals surface area contributed by atoms with Crippen LogP contribution in [-0.4, -0.2) is 41.3 Å². The third kappa shape index (κ3) is 3.20. The van der Waals surface area contributed by atoms with Crippen LogP contribution in [0.2, 0.25) is 0 Å². The molecule has 1 saturated carbocycles. The van der Waals surface area contributed by atoms with E-state index in [1.54, 1.807) is 0 Å². The lowest BCUT2D eigenvalue weighted by Gasteiger charge is -2.36. The number of hydrogen-bond acceptors (Lipinski definition) is 2. The van der Waals surface area contributed by atoms with E-state index in [4.69, 9.17) is 0 Å². The second kappa shape index (κ2) is 5.78. The number of nitrogens with zero attached hydrogens (tertiary/aromatic N) is 1. The van der Waals surface area contributed by atoms with E-state index < -0.39 is 23.5 Å². The van der Waals surface area contributed by atoms with Crippen LogP contribution in [0.1, 0.15) is 46.0 Å². The molecule has 1 heterocycles. The number of carboxylic acid groups (broad SMARTS) is 1. The maximum absolute atomic E-state index is 12.7. The number of alkyl halides is 3. The molecule has 2 rings (SSSR count). The minimum absolute atomic E-state index is 0.0338. The molecule has 21 heavy (non-hydrogen) atoms. The summed E-state index contributed by atoms with van der Waals surface area (Å²) in [6, 6.07) is 0.114. The van der Waals surface area contributed by atoms with Crippen molar-refractivity contribution >= 4 is 5.97 Å². The van der Waals surface area contributed by atoms with Crippen LogP contribution in [-0.2, 0) is 4.79 Å². The summed E-state index contributed by atoms with van der Waals surface area (Å²) in [7, 11) is 0. The van der Waals surface area contributed by atoms with Crippen LogP contribution in [0.4, 0.5) is 13.2 Å². The summed E-state index contributed by atoms with van der Waals surface area (Å²) < 4.78 is 38.1. The van der Waals surface area contributed by atoms with Gasteiger partial charge >= 0.3 is 12.1 Å². The minimum Gasteiger partial charge on any atom is -0.481 e. The molecular weight excluding hydrogens is 283 g/mol. The van der Waals surface area contributed by atoms with Crippen molar-refractivity contribution in [2.45, 2.75) is 58.2 Å². The zero-order valence-corrected chi connectivity index (χ0v) is 12.6. The Hall–Kier alpha value is -0.780. The Balaban J connectivity index is 1.96. The van der Waals surface area contributed by atoms with Gasteiger partial charge in [-0.25, -0.2) is 0 Å². The van der Waals surface area contributed by atoms with Gasteiger partial charge in [-0.15, -0.1) is 0 Å². The molecule has 0 bridgehead atoms. The van der Waals surface area contributed by atoms with Crippen LogP contribution in [0.5, 0.6) is 0 Å². The fourth-order valence-corrected chi connectivity index (χ4v) is 3.84. The van der Waals surface area contributed by atoms with E-state index in [-0.39, 0.29) is 24.8 Å². The standard InChI is InChI=1S/C15H24F3NO2/c1-10(2)14(13(20)21)7-8-19(9-14)12-5-3-11(4-6-12)15(16,17)18/h10-12H,3-9H2,1-2H3,(H,20,21). The van der Waals surface area contributed by atoms with E-state index in [9.17, 15) is 23.1 Å². The first-order chi connectivity index (χ1) is 9.67. The topological polar surface area (TPSA) is 40.5 Å². The maximum atomic E-state index is 12.7. The van der Waals surface area contributed by atoms with Crippen molar-refractivity contribution in [3.05, 3.63) is 0 Å². The van der Waals surface area contributed by atoms with E-state index in [2.05, 4.69) is 4.90 Å². The summed E-state index contributed by atoms with van der Waals surface area (Å²) in [5.74, 6) is -1.92. The molecule has 1 unspecified atom stereocenters. The average Bonchev–Trinajstić information content (AvgIpc) is 2.84. The number of rotatable bonds is 3. The molecule has 2 fully saturated rings. The van der Waals surface area contributed by atoms with Gasteiger partial charge < -0.3 is 5.11 Å². The van der Waals surface area contributed by atoms with Gasteiger partial charge in [0.1, 0.15) is 0 Å². The van der Waals surface area contributed by atoms with Gasteiger partial charge in [-0.2, -0.15) is 13.2 Å². The highest BCUT2D eigenvalue weighted by molar-refractivity contribution is 5.75. The quantitative estimate of drug-likeness (QED) is 0.867. The fourth-order valence-electron chi connectivity index (χ4n) is 3.84. The van der Waals surface area contributed by atoms with E-state index in [1.807, 2.05) is 13.8 Å². The molecule has 1 aliphatic carbocycles. The highest BCUT2D eigenvalue weighted by Gasteiger charge is 2.49. The highest BCUT2D eigenvalue weighted by Crippen LogP contribution is 2.43. The van der Waals surface area contributed by atoms with Gasteiger partial charge in [0, 0.05) is 12.6 Å². The molecule has 0 aromatic rings. The zero-order valence-electron chi connectivity index (χ0n) is 12.6. The van der Waals surface area contributed by atoms with E-state index in [0.29, 0.717) is 32.4 Å². The van der Waals surface area contributed by atoms with Gasteiger partial charge in [0.15, 0.2) is 0 Å². The summed E-state index contributed by atoms with van der Waals surface area (Å²) in [5.41, 5.74) is -0.735. The first-order valence-electron chi connectivity index (χ1n) is 7.71. The van der Waals surface area contributed by atoms with Gasteiger partial charge in [0.2, 0.25) is 0 Å². The van der Waals surface area contributed by atoms with Crippen molar-refractivity contribution in [2.75, 3.05) is 13.1 Å². The highest BCUT2D eigenvalue weighted by atomic mass is 19.4. The van der Waals surface area contributed by atoms with Gasteiger partial charge in [-0.3, -0.25) is 9.69 Å². The van der Waals surface area contributed by atoms with E-state index in [1.165, 1.54) is 0 Å². The number of carboxylic acids is 1. The fraction of sp³-hybridized carbons (Fsp3) is 0.933. The van der Waals surface area contributed by atoms with Crippen LogP contribution < -0.4 is 0 Å². The Morgan fingerprint density at radius 1 is 1.24 bits per heavy atom. The maximum Gasteiger partial charge on any atom is 0.391 e. The van der Waals surface area contributed by atoms with E-state index in [0.717, 1.165) is 0 Å². The summed E-state index contributed by atoms with van der Waals surface area (Å²) in [6.45, 7) is 4.99. The summed E-state index contributed by atoms with van der Waals surface area (Å²) in [5, 5.41) is 9.52. The first kappa shape index (κ1) is 16.6. The number of likely N-dealkylation sites (tertiary alicyclic amines) is 1. The van der Waals surface area contributed by atoms with Crippen LogP contribution in [0, 0.1) is 17.3 Å². The van der Waals surface area contributed by atoms with Gasteiger partial charge in [-0.1, -0.05) is 13.8 Å². The van der Waals surface area contributed by atoms with Crippen molar-refractivity contribution in [1.29, 1.82) is 0 Å². The third-order valence-corrected chi connectivity index (χ3v) is 5.54. The molecule has 0 aromatic carbocycles. The molecule has 3 nitrogen and oxygen atoms in total. The second-order valence-electron chi connectivity index (χ2n) is 6.88. The molecule has 0 aromatic heterocycles. The molecule has 0 amide bonds. The van der Waals surface area contributed by atoms with Crippen molar-refractivity contribution < 1.29 is 23.1 Å². The third-order valence-electron chi connectivity index (χ3n) is 5.54. The lowest BCUT2D eigenvalue weighted by Crippen LogP contribution is -2.43. The molecule has 1 saturated heterocycles. The Morgan fingerprint density at radius 3 is 2.19 bits per heavy atom. The number of carbonyl (C=O) groups is 1. The number of halogens is 3. The van der Waals surface area contributed by atoms with Crippen molar-refractivity contribution in [1.82, 2.24) is 4.90 Å². The van der Waals surface area contributed by atoms with E-state index >= 15 is 0 Å². The first-order valence-corrected chi connectivity index (χ1v) is 7.71. The SMILES string of the molecule is CC(C)C1(C(=O)O)CCN(C2CCC(C(F)(F)F)CC2)C1. The summed E-state index contributed by atoms with van der Waals surface area (Å²) >= 11 is 0. The molecule has 1 N–H and O–H groups in total. The van der Waals surface area contributed by atoms with Crippen molar-refractivity contribution in [3.63, 3.8) is 0 Å². The van der Waals surface area contributed by atoms with Crippen molar-refractivity contribution in [3.8, 4) is 0 Å². The molecule has 6 heteroatoms. The molecule has 1 aliphatic heterocycles. The van der Waals surface area contributed by atoms with Crippen LogP contribution >= 0.6 is 0 Å². The molecule has 1 atom stereocenters. The van der Waals surface area contributed by atoms with Crippen LogP contribution in [0.15, 0.2) is 0 Å². The van der Waals surface area contributed by atoms with Crippen LogP contribution in [0.25, 0.3) is 0 Å². The normalized spacial score (nSPS) is 35.3. The number of hydrogen-bond donors (Lipinski definition) is 1. The Bertz CT molecular complexity index is 389. The predicted octanol–water partition coefficient (Wildman–Crippen LogP) is 3.54. The molecule has 2 aliphatic rings. The molecule has 0 spiro atoms. The second-order valence-corrected chi connectivity index (χ2v) is 6.88. The molecular formula is C15H24F3NO2. The van der Waals surface area contributed by atoms with Gasteiger partial charge in [0.05, 0.1) is 11.3 Å². The minimum atomic E-state index is -4.08. The largest absolute Gasteiger partial charge is 0.481 e. The van der Waals surface area contributed by atoms with Crippen molar-refractivity contribution in [2.24, 2.45) is 17.3 Å². The predicted molar refractivity (Wildman–Crippen MR) is 72.9 cm³/mol. The Kier molecular flexibility index (Phi) is 4.57. The van der Waals surface area contributed by atoms with Gasteiger partial charge in [-0.05, 0) is 44.6 Å². The monoisotopic (exact) mass is 307 g/mol.